The molecule has 24 heavy (non-hydrogen) atoms. The number of hydrogen-bond donors (Lipinski definition) is 1. The molecule has 7 nitrogen and oxygen atoms in total. The molecule has 2 fully saturated rings. The van der Waals surface area contributed by atoms with Gasteiger partial charge in [-0.3, -0.25) is 4.79 Å². The van der Waals surface area contributed by atoms with Gasteiger partial charge in [-0.2, -0.15) is 0 Å². The first-order valence-corrected chi connectivity index (χ1v) is 9.11. The summed E-state index contributed by atoms with van der Waals surface area (Å²) in [7, 11) is -3.87. The van der Waals surface area contributed by atoms with Gasteiger partial charge in [0.05, 0.1) is 18.1 Å². The summed E-state index contributed by atoms with van der Waals surface area (Å²) in [5, 5.41) is 0. The van der Waals surface area contributed by atoms with Crippen LogP contribution in [0.25, 0.3) is 11.3 Å². The number of nitrogens with one attached hydrogen (secondary N) is 1. The van der Waals surface area contributed by atoms with Gasteiger partial charge in [-0.05, 0) is 24.0 Å². The van der Waals surface area contributed by atoms with E-state index in [9.17, 15) is 13.2 Å². The zero-order valence-corrected chi connectivity index (χ0v) is 13.7. The lowest BCUT2D eigenvalue weighted by Crippen LogP contribution is -2.33. The van der Waals surface area contributed by atoms with Crippen molar-refractivity contribution in [2.75, 3.05) is 13.2 Å². The Morgan fingerprint density at radius 3 is 2.46 bits per heavy atom. The monoisotopic (exact) mass is 348 g/mol. The minimum Gasteiger partial charge on any atom is -0.449 e. The van der Waals surface area contributed by atoms with Crippen LogP contribution in [0.5, 0.6) is 0 Å². The highest BCUT2D eigenvalue weighted by molar-refractivity contribution is 7.90. The van der Waals surface area contributed by atoms with Crippen molar-refractivity contribution in [2.45, 2.75) is 11.8 Å². The van der Waals surface area contributed by atoms with Gasteiger partial charge in [0.25, 0.3) is 10.0 Å². The van der Waals surface area contributed by atoms with Gasteiger partial charge >= 0.3 is 0 Å². The number of amides is 1. The van der Waals surface area contributed by atoms with Crippen molar-refractivity contribution in [1.29, 1.82) is 0 Å². The van der Waals surface area contributed by atoms with Crippen molar-refractivity contribution in [1.82, 2.24) is 9.71 Å². The first-order valence-electron chi connectivity index (χ1n) is 7.63. The number of aromatic nitrogens is 1. The number of rotatable bonds is 4. The van der Waals surface area contributed by atoms with E-state index in [1.54, 1.807) is 19.1 Å². The van der Waals surface area contributed by atoms with E-state index in [0.717, 1.165) is 5.56 Å². The molecule has 1 aliphatic carbocycles. The molecular formula is C16H16N2O5S. The van der Waals surface area contributed by atoms with E-state index in [-0.39, 0.29) is 22.6 Å². The first-order chi connectivity index (χ1) is 11.5. The Balaban J connectivity index is 1.49. The molecule has 2 aromatic rings. The third-order valence-electron chi connectivity index (χ3n) is 4.57. The molecule has 126 valence electrons. The molecule has 4 rings (SSSR count). The fraction of sp³-hybridized carbons (Fsp3) is 0.375. The largest absolute Gasteiger partial charge is 0.449 e. The molecular weight excluding hydrogens is 332 g/mol. The molecule has 1 N–H and O–H groups in total. The lowest BCUT2D eigenvalue weighted by molar-refractivity contribution is -0.121. The minimum absolute atomic E-state index is 0.0434. The number of fused-ring (bicyclic) bond motifs is 1. The number of sulfonamides is 1. The van der Waals surface area contributed by atoms with Crippen LogP contribution in [-0.4, -0.2) is 32.5 Å². The minimum atomic E-state index is -3.87. The van der Waals surface area contributed by atoms with Crippen LogP contribution < -0.4 is 4.72 Å². The lowest BCUT2D eigenvalue weighted by atomic mass is 10.2. The van der Waals surface area contributed by atoms with Crippen molar-refractivity contribution < 1.29 is 22.4 Å². The lowest BCUT2D eigenvalue weighted by Gasteiger charge is -2.08. The summed E-state index contributed by atoms with van der Waals surface area (Å²) >= 11 is 0. The number of aryl methyl sites for hydroxylation is 1. The normalized spacial score (nSPS) is 25.3. The third kappa shape index (κ3) is 2.61. The van der Waals surface area contributed by atoms with E-state index in [1.807, 2.05) is 0 Å². The molecule has 1 amide bonds. The Kier molecular flexibility index (Phi) is 3.47. The Labute approximate surface area is 139 Å². The van der Waals surface area contributed by atoms with Gasteiger partial charge in [-0.25, -0.2) is 18.1 Å². The van der Waals surface area contributed by atoms with Gasteiger partial charge in [-0.15, -0.1) is 0 Å². The van der Waals surface area contributed by atoms with Crippen molar-refractivity contribution in [3.8, 4) is 11.3 Å². The van der Waals surface area contributed by atoms with Crippen LogP contribution in [0.15, 0.2) is 39.8 Å². The van der Waals surface area contributed by atoms with Crippen LogP contribution in [0, 0.1) is 24.7 Å². The van der Waals surface area contributed by atoms with E-state index in [1.165, 1.54) is 18.4 Å². The second-order valence-electron chi connectivity index (χ2n) is 6.14. The highest BCUT2D eigenvalue weighted by Gasteiger charge is 2.58. The molecule has 1 saturated carbocycles. The number of benzene rings is 1. The second kappa shape index (κ2) is 5.42. The molecule has 8 heteroatoms. The SMILES string of the molecule is Cc1nc(-c2ccc(S(=O)(=O)NC(=O)C3[C@H]4COC[C@@H]34)cc2)co1. The summed E-state index contributed by atoms with van der Waals surface area (Å²) in [6, 6.07) is 6.17. The predicted octanol–water partition coefficient (Wildman–Crippen LogP) is 1.35. The van der Waals surface area contributed by atoms with Gasteiger partial charge < -0.3 is 9.15 Å². The number of ether oxygens (including phenoxy) is 1. The van der Waals surface area contributed by atoms with Crippen molar-refractivity contribution in [3.63, 3.8) is 0 Å². The zero-order chi connectivity index (χ0) is 16.9. The van der Waals surface area contributed by atoms with Crippen molar-refractivity contribution in [3.05, 3.63) is 36.4 Å². The number of oxazole rings is 1. The third-order valence-corrected chi connectivity index (χ3v) is 5.93. The molecule has 0 radical (unpaired) electrons. The number of carbonyl (C=O) groups is 1. The van der Waals surface area contributed by atoms with E-state index in [4.69, 9.17) is 9.15 Å². The molecule has 0 spiro atoms. The summed E-state index contributed by atoms with van der Waals surface area (Å²) in [5.41, 5.74) is 1.37. The van der Waals surface area contributed by atoms with Crippen LogP contribution in [0.1, 0.15) is 5.89 Å². The van der Waals surface area contributed by atoms with Crippen molar-refractivity contribution in [2.24, 2.45) is 17.8 Å². The van der Waals surface area contributed by atoms with E-state index >= 15 is 0 Å². The maximum Gasteiger partial charge on any atom is 0.264 e. The molecule has 2 aliphatic rings. The molecule has 0 bridgehead atoms. The fourth-order valence-corrected chi connectivity index (χ4v) is 4.20. The van der Waals surface area contributed by atoms with Crippen LogP contribution in [0.3, 0.4) is 0 Å². The Bertz CT molecular complexity index is 877. The van der Waals surface area contributed by atoms with Gasteiger partial charge in [-0.1, -0.05) is 12.1 Å². The van der Waals surface area contributed by atoms with Gasteiger partial charge in [0.15, 0.2) is 5.89 Å². The van der Waals surface area contributed by atoms with Crippen LogP contribution in [0.4, 0.5) is 0 Å². The van der Waals surface area contributed by atoms with Crippen LogP contribution in [0.2, 0.25) is 0 Å². The maximum atomic E-state index is 12.3. The summed E-state index contributed by atoms with van der Waals surface area (Å²) in [6.07, 6.45) is 1.51. The number of hydrogen-bond acceptors (Lipinski definition) is 6. The summed E-state index contributed by atoms with van der Waals surface area (Å²) in [5.74, 6) is 0.180. The van der Waals surface area contributed by atoms with Crippen molar-refractivity contribution >= 4 is 15.9 Å². The van der Waals surface area contributed by atoms with Gasteiger partial charge in [0.1, 0.15) is 12.0 Å². The second-order valence-corrected chi connectivity index (χ2v) is 7.82. The van der Waals surface area contributed by atoms with E-state index < -0.39 is 15.9 Å². The van der Waals surface area contributed by atoms with Gasteiger partial charge in [0.2, 0.25) is 5.91 Å². The molecule has 1 unspecified atom stereocenters. The van der Waals surface area contributed by atoms with E-state index in [0.29, 0.717) is 24.8 Å². The fourth-order valence-electron chi connectivity index (χ4n) is 3.19. The molecule has 1 aromatic carbocycles. The Hall–Kier alpha value is -2.19. The predicted molar refractivity (Wildman–Crippen MR) is 83.3 cm³/mol. The summed E-state index contributed by atoms with van der Waals surface area (Å²) < 4.78 is 37.2. The molecule has 1 saturated heterocycles. The molecule has 3 atom stereocenters. The Morgan fingerprint density at radius 1 is 1.21 bits per heavy atom. The smallest absolute Gasteiger partial charge is 0.264 e. The van der Waals surface area contributed by atoms with Gasteiger partial charge in [0, 0.05) is 18.4 Å². The average molecular weight is 348 g/mol. The summed E-state index contributed by atoms with van der Waals surface area (Å²) in [6.45, 7) is 2.80. The highest BCUT2D eigenvalue weighted by Crippen LogP contribution is 2.50. The quantitative estimate of drug-likeness (QED) is 0.895. The van der Waals surface area contributed by atoms with E-state index in [2.05, 4.69) is 9.71 Å². The molecule has 1 aromatic heterocycles. The maximum absolute atomic E-state index is 12.3. The van der Waals surface area contributed by atoms with Crippen LogP contribution in [-0.2, 0) is 19.6 Å². The average Bonchev–Trinajstić information content (AvgIpc) is 2.89. The molecule has 2 heterocycles. The topological polar surface area (TPSA) is 98.5 Å². The summed E-state index contributed by atoms with van der Waals surface area (Å²) in [4.78, 5) is 16.4. The number of carbonyl (C=O) groups excluding carboxylic acids is 1. The zero-order valence-electron chi connectivity index (χ0n) is 12.9. The highest BCUT2D eigenvalue weighted by atomic mass is 32.2. The Morgan fingerprint density at radius 2 is 1.88 bits per heavy atom. The van der Waals surface area contributed by atoms with Crippen LogP contribution >= 0.6 is 0 Å². The standard InChI is InChI=1S/C16H16N2O5S/c1-9-17-14(8-23-9)10-2-4-11(5-3-10)24(20,21)18-16(19)15-12-6-22-7-13(12)15/h2-5,8,12-13,15H,6-7H2,1H3,(H,18,19)/t12-,13+,15?. The molecule has 1 aliphatic heterocycles. The number of nitrogens with zero attached hydrogens (tertiary/aromatic N) is 1. The first kappa shape index (κ1) is 15.3.